The van der Waals surface area contributed by atoms with E-state index in [1.165, 1.54) is 71.6 Å². The molecule has 3 amide bonds. The lowest BCUT2D eigenvalue weighted by Gasteiger charge is -2.19. The number of aliphatic hydroxyl groups excluding tert-OH is 2. The van der Waals surface area contributed by atoms with E-state index in [1.807, 2.05) is 0 Å². The maximum Gasteiger partial charge on any atom is 0.490 e. The van der Waals surface area contributed by atoms with Crippen LogP contribution < -0.4 is 44.3 Å². The first-order chi connectivity index (χ1) is 60.1. The number of ketones is 4. The molecular weight excluding hydrogens is 1940 g/mol. The number of fused-ring (bicyclic) bond motifs is 2. The van der Waals surface area contributed by atoms with Crippen LogP contribution in [-0.4, -0.2) is 248 Å². The van der Waals surface area contributed by atoms with Crippen molar-refractivity contribution in [1.82, 2.24) is 45.0 Å². The van der Waals surface area contributed by atoms with E-state index in [9.17, 15) is 120 Å². The number of aromatic nitrogens is 6. The molecule has 4 aromatic heterocycles. The third-order valence-electron chi connectivity index (χ3n) is 17.5. The number of aliphatic carboxylic acids is 4. The number of carbonyl (C=O) groups excluding carboxylic acids is 7. The van der Waals surface area contributed by atoms with Crippen molar-refractivity contribution in [1.29, 1.82) is 0 Å². The number of nitrogens with zero attached hydrogens (tertiary/aromatic N) is 4. The summed E-state index contributed by atoms with van der Waals surface area (Å²) in [6.07, 6.45) is -1.55. The van der Waals surface area contributed by atoms with Crippen molar-refractivity contribution in [2.75, 3.05) is 47.7 Å². The summed E-state index contributed by atoms with van der Waals surface area (Å²) in [6, 6.07) is -4.52. The molecule has 14 atom stereocenters. The van der Waals surface area contributed by atoms with Gasteiger partial charge in [-0.25, -0.2) is 37.0 Å². The number of anilines is 2. The van der Waals surface area contributed by atoms with Crippen LogP contribution in [0.4, 0.5) is 11.9 Å². The number of aliphatic hydroxyl groups is 2. The lowest BCUT2D eigenvalue weighted by molar-refractivity contribution is -0.147. The summed E-state index contributed by atoms with van der Waals surface area (Å²) in [5, 5.41) is 63.7. The number of amides is 3. The number of carboxylic acid groups (broad SMARTS) is 4. The zero-order valence-corrected chi connectivity index (χ0v) is 76.5. The molecule has 14 unspecified atom stereocenters. The lowest BCUT2D eigenvalue weighted by atomic mass is 10.0. The third-order valence-corrected chi connectivity index (χ3v) is 30.0. The number of carbonyl (C=O) groups is 11. The number of nitrogens with one attached hydrogen (secondary N) is 5. The molecule has 0 aromatic carbocycles. The highest BCUT2D eigenvalue weighted by Gasteiger charge is 2.46. The Hall–Kier alpha value is -7.45. The van der Waals surface area contributed by atoms with E-state index >= 15 is 0 Å². The maximum atomic E-state index is 12.9. The Bertz CT molecular complexity index is 5240. The summed E-state index contributed by atoms with van der Waals surface area (Å²) >= 11 is 0. The van der Waals surface area contributed by atoms with E-state index in [0.717, 1.165) is 0 Å². The number of carboxylic acids is 4. The first-order valence-corrected chi connectivity index (χ1v) is 52.2. The van der Waals surface area contributed by atoms with Crippen LogP contribution in [0.1, 0.15) is 179 Å². The van der Waals surface area contributed by atoms with Gasteiger partial charge in [-0.2, -0.15) is 27.2 Å². The Kier molecular flexibility index (Phi) is 47.9. The SMILES string of the molecule is C.CC(=O)NC(CSSCCC(=O)CCC#Cc1cn(C2CC(O)C(COP(=O)(O)OP(=O)(O)OP(=O)(O)O)O2)c2nc(N)[nH]c(=O)c12)C(=O)CCCCCCC(=O)NC(CC(=O)O)C(=O)O.Nc1nc2c(c(C#CCCC(=O)CCSSCC(N)C(=O)CCCCCCC(=O)NC(CC(=O)O)C(=O)O)cn2C2CC(O)C(COP(=O)(O)OP(=O)(O)OP(=O)(O)O)O2)c(=O)[nH]1. The number of phosphoric ester groups is 2. The molecule has 4 aromatic rings. The molecule has 63 heteroatoms. The monoisotopic (exact) mass is 2040 g/mol. The second-order valence-corrected chi connectivity index (χ2v) is 42.1. The standard InChI is InChI=1S/C34H49N6O21P3S2.C32H47N6O20P3S2.CH4/c1-19(41)36-23(24(43)10-4-2-3-5-11-27(45)37-22(33(49)50)14-29(46)47)18-66-65-13-12-21(42)9-7-6-8-20-16-40(31-30(20)32(48)39-34(35)38-31)28-15-25(44)26(59-28)17-58-63(54,55)61-64(56,57)60-62(51,52)53;33-20(22(40)9-3-1-2-4-10-25(42)35-21(31(46)47)13-27(43)44)17-63-62-12-11-19(39)8-6-5-7-18-15-38(29-28(18)30(45)37-32(34)36-29)26-14-23(41)24(56-26)16-55-60(51,52)58-61(53,54)57-59(48,49)50;/h16,22-23,25-26,28,44H,2-5,7,9-15,17-18H2,1H3,(H,36,41)(H,37,45)(H,46,47)(H,49,50)(H,54,55)(H,56,57)(H2,51,52,53)(H3,35,38,39,48);15,20-21,23-24,26,41H,1-4,6,8-14,16-17,33H2,(H,35,42)(H,43,44)(H,46,47)(H,51,52)(H,53,54)(H2,48,49,50)(H3,34,36,37,45);1H4. The smallest absolute Gasteiger partial charge is 0.481 e. The largest absolute Gasteiger partial charge is 0.490 e. The Morgan fingerprint density at radius 1 is 0.515 bits per heavy atom. The fourth-order valence-electron chi connectivity index (χ4n) is 11.7. The normalized spacial score (nSPS) is 18.9. The average molecular weight is 2040 g/mol. The molecular formula is C67H100N12O41P6S4. The van der Waals surface area contributed by atoms with Gasteiger partial charge in [-0.05, 0) is 25.7 Å². The number of nitrogen functional groups attached to an aromatic ring is 2. The van der Waals surface area contributed by atoms with Gasteiger partial charge in [-0.15, -0.1) is 0 Å². The number of aromatic amines is 2. The van der Waals surface area contributed by atoms with Gasteiger partial charge in [0.1, 0.15) is 54.1 Å². The molecule has 0 aliphatic carbocycles. The molecule has 2 fully saturated rings. The average Bonchev–Trinajstić information content (AvgIpc) is 1.61. The Balaban J connectivity index is 0.000000541. The van der Waals surface area contributed by atoms with Crippen molar-refractivity contribution >= 4 is 189 Å². The first kappa shape index (κ1) is 115. The van der Waals surface area contributed by atoms with Crippen molar-refractivity contribution in [3.63, 3.8) is 0 Å². The van der Waals surface area contributed by atoms with Crippen LogP contribution in [0, 0.1) is 23.7 Å². The highest BCUT2D eigenvalue weighted by molar-refractivity contribution is 8.77. The van der Waals surface area contributed by atoms with Gasteiger partial charge >= 0.3 is 70.8 Å². The zero-order chi connectivity index (χ0) is 96.5. The summed E-state index contributed by atoms with van der Waals surface area (Å²) < 4.78 is 107. The van der Waals surface area contributed by atoms with Crippen molar-refractivity contribution in [2.24, 2.45) is 5.73 Å². The number of Topliss-reactive ketones (excluding diaryl/α,β-unsaturated/α-hetero) is 4. The molecule has 6 rings (SSSR count). The summed E-state index contributed by atoms with van der Waals surface area (Å²) in [7, 11) is -28.5. The van der Waals surface area contributed by atoms with E-state index in [2.05, 4.69) is 85.9 Å². The highest BCUT2D eigenvalue weighted by atomic mass is 33.1. The third kappa shape index (κ3) is 42.8. The second kappa shape index (κ2) is 54.2. The molecule has 25 N–H and O–H groups in total. The molecule has 53 nitrogen and oxygen atoms in total. The van der Waals surface area contributed by atoms with Crippen LogP contribution in [-0.2, 0) is 116 Å². The van der Waals surface area contributed by atoms with Crippen molar-refractivity contribution in [3.8, 4) is 23.7 Å². The number of phosphoric acid groups is 6. The Morgan fingerprint density at radius 2 is 0.885 bits per heavy atom. The van der Waals surface area contributed by atoms with Crippen molar-refractivity contribution < 1.29 is 186 Å². The molecule has 0 bridgehead atoms. The van der Waals surface area contributed by atoms with Crippen LogP contribution in [0.3, 0.4) is 0 Å². The first-order valence-electron chi connectivity index (χ1n) is 38.2. The van der Waals surface area contributed by atoms with Crippen LogP contribution in [0.2, 0.25) is 0 Å². The van der Waals surface area contributed by atoms with Gasteiger partial charge in [0.05, 0.1) is 72.2 Å². The molecule has 728 valence electrons. The van der Waals surface area contributed by atoms with Crippen LogP contribution in [0.5, 0.6) is 0 Å². The van der Waals surface area contributed by atoms with Crippen LogP contribution >= 0.6 is 90.1 Å². The molecule has 0 spiro atoms. The van der Waals surface area contributed by atoms with E-state index in [4.69, 9.17) is 66.7 Å². The summed E-state index contributed by atoms with van der Waals surface area (Å²) in [4.78, 5) is 241. The van der Waals surface area contributed by atoms with Gasteiger partial charge in [0.2, 0.25) is 29.6 Å². The minimum absolute atomic E-state index is 0. The summed E-state index contributed by atoms with van der Waals surface area (Å²) in [6.45, 7) is -0.592. The molecule has 130 heavy (non-hydrogen) atoms. The fraction of sp³-hybridized carbons (Fsp3) is 0.597. The number of hydrogen-bond acceptors (Lipinski definition) is 38. The van der Waals surface area contributed by atoms with E-state index < -0.39 is 187 Å². The van der Waals surface area contributed by atoms with E-state index in [-0.39, 0.29) is 158 Å². The Morgan fingerprint density at radius 3 is 1.25 bits per heavy atom. The van der Waals surface area contributed by atoms with Gasteiger partial charge < -0.3 is 122 Å². The number of hydrogen-bond donors (Lipinski definition) is 22. The van der Waals surface area contributed by atoms with Gasteiger partial charge in [-0.1, -0.05) is 100.0 Å². The molecule has 6 heterocycles. The van der Waals surface area contributed by atoms with Gasteiger partial charge in [0.25, 0.3) is 11.1 Å². The predicted molar refractivity (Wildman–Crippen MR) is 461 cm³/mol. The van der Waals surface area contributed by atoms with Crippen molar-refractivity contribution in [2.45, 2.75) is 217 Å². The fourth-order valence-corrected chi connectivity index (χ4v) is 22.2. The lowest BCUT2D eigenvalue weighted by Crippen LogP contribution is -2.42. The van der Waals surface area contributed by atoms with Crippen LogP contribution in [0.25, 0.3) is 22.1 Å². The number of unbranched alkanes of at least 4 members (excludes halogenated alkanes) is 6. The molecule has 0 radical (unpaired) electrons. The zero-order valence-electron chi connectivity index (χ0n) is 67.8. The van der Waals surface area contributed by atoms with Gasteiger partial charge in [0.15, 0.2) is 17.1 Å². The number of H-pyrrole nitrogens is 2. The molecule has 0 saturated carbocycles. The van der Waals surface area contributed by atoms with Gasteiger partial charge in [0, 0.05) is 119 Å². The molecule has 2 aliphatic heterocycles. The van der Waals surface area contributed by atoms with E-state index in [0.29, 0.717) is 68.6 Å². The predicted octanol–water partition coefficient (Wildman–Crippen LogP) is 2.92. The Labute approximate surface area is 753 Å². The number of rotatable bonds is 57. The topological polar surface area (TPSA) is 863 Å². The second-order valence-electron chi connectivity index (χ2n) is 28.0. The van der Waals surface area contributed by atoms with Gasteiger partial charge in [-0.3, -0.25) is 71.8 Å². The van der Waals surface area contributed by atoms with Crippen molar-refractivity contribution in [3.05, 3.63) is 44.2 Å². The number of ether oxygens (including phenoxy) is 2. The summed E-state index contributed by atoms with van der Waals surface area (Å²) in [5.74, 6) is 4.42. The quantitative estimate of drug-likeness (QED) is 0.0131. The van der Waals surface area contributed by atoms with E-state index in [1.54, 1.807) is 0 Å². The van der Waals surface area contributed by atoms with Crippen LogP contribution in [0.15, 0.2) is 22.0 Å². The summed E-state index contributed by atoms with van der Waals surface area (Å²) in [5.41, 5.74) is 16.4. The maximum absolute atomic E-state index is 12.9. The minimum Gasteiger partial charge on any atom is -0.481 e. The molecule has 2 aliphatic rings. The minimum atomic E-state index is -5.79. The number of nitrogens with two attached hydrogens (primary N) is 3. The molecule has 2 saturated heterocycles. The highest BCUT2D eigenvalue weighted by Crippen LogP contribution is 2.67.